The Hall–Kier alpha value is -1.22. The van der Waals surface area contributed by atoms with Crippen LogP contribution < -0.4 is 9.47 Å². The molecule has 0 spiro atoms. The van der Waals surface area contributed by atoms with E-state index in [9.17, 15) is 0 Å². The van der Waals surface area contributed by atoms with E-state index in [4.69, 9.17) is 14.6 Å². The van der Waals surface area contributed by atoms with Crippen LogP contribution in [-0.2, 0) is 12.8 Å². The molecule has 0 saturated heterocycles. The molecule has 90 valence electrons. The van der Waals surface area contributed by atoms with E-state index < -0.39 is 0 Å². The van der Waals surface area contributed by atoms with Crippen LogP contribution in [0.3, 0.4) is 0 Å². The molecule has 16 heavy (non-hydrogen) atoms. The highest BCUT2D eigenvalue weighted by atomic mass is 16.5. The first kappa shape index (κ1) is 12.8. The van der Waals surface area contributed by atoms with E-state index >= 15 is 0 Å². The van der Waals surface area contributed by atoms with Gasteiger partial charge in [-0.1, -0.05) is 13.0 Å². The molecule has 0 aliphatic heterocycles. The van der Waals surface area contributed by atoms with Gasteiger partial charge in [-0.25, -0.2) is 0 Å². The summed E-state index contributed by atoms with van der Waals surface area (Å²) in [6.45, 7) is 2.32. The van der Waals surface area contributed by atoms with Gasteiger partial charge in [0.2, 0.25) is 0 Å². The fourth-order valence-electron chi connectivity index (χ4n) is 1.92. The van der Waals surface area contributed by atoms with Crippen LogP contribution in [0.4, 0.5) is 0 Å². The van der Waals surface area contributed by atoms with Crippen LogP contribution in [0.2, 0.25) is 0 Å². The summed E-state index contributed by atoms with van der Waals surface area (Å²) in [5, 5.41) is 8.86. The molecule has 0 unspecified atom stereocenters. The van der Waals surface area contributed by atoms with Gasteiger partial charge < -0.3 is 14.6 Å². The van der Waals surface area contributed by atoms with Gasteiger partial charge in [-0.3, -0.25) is 0 Å². The zero-order valence-electron chi connectivity index (χ0n) is 10.2. The van der Waals surface area contributed by atoms with E-state index in [0.29, 0.717) is 0 Å². The second kappa shape index (κ2) is 6.38. The average Bonchev–Trinajstić information content (AvgIpc) is 2.34. The molecule has 0 radical (unpaired) electrons. The molecule has 0 saturated carbocycles. The Morgan fingerprint density at radius 1 is 1.19 bits per heavy atom. The fraction of sp³-hybridized carbons (Fsp3) is 0.538. The summed E-state index contributed by atoms with van der Waals surface area (Å²) >= 11 is 0. The molecule has 0 aliphatic rings. The van der Waals surface area contributed by atoms with Gasteiger partial charge in [0.15, 0.2) is 11.5 Å². The standard InChI is InChI=1S/C13H20O3/c1-4-11-10(6-5-9-14)7-8-12(15-2)13(11)16-3/h7-8,14H,4-6,9H2,1-3H3. The van der Waals surface area contributed by atoms with E-state index in [0.717, 1.165) is 30.8 Å². The maximum Gasteiger partial charge on any atom is 0.164 e. The third kappa shape index (κ3) is 2.67. The van der Waals surface area contributed by atoms with Crippen LogP contribution in [0.15, 0.2) is 12.1 Å². The lowest BCUT2D eigenvalue weighted by Crippen LogP contribution is -2.01. The molecule has 0 bridgehead atoms. The van der Waals surface area contributed by atoms with Crippen LogP contribution in [-0.4, -0.2) is 25.9 Å². The number of hydrogen-bond donors (Lipinski definition) is 1. The van der Waals surface area contributed by atoms with Crippen LogP contribution >= 0.6 is 0 Å². The zero-order valence-corrected chi connectivity index (χ0v) is 10.2. The molecule has 3 nitrogen and oxygen atoms in total. The Bertz CT molecular complexity index is 334. The third-order valence-electron chi connectivity index (χ3n) is 2.70. The van der Waals surface area contributed by atoms with E-state index in [1.807, 2.05) is 6.07 Å². The van der Waals surface area contributed by atoms with Crippen molar-refractivity contribution in [3.8, 4) is 11.5 Å². The first-order chi connectivity index (χ1) is 7.78. The second-order valence-electron chi connectivity index (χ2n) is 3.62. The minimum atomic E-state index is 0.220. The summed E-state index contributed by atoms with van der Waals surface area (Å²) in [5.74, 6) is 1.59. The number of aliphatic hydroxyl groups is 1. The lowest BCUT2D eigenvalue weighted by Gasteiger charge is -2.15. The van der Waals surface area contributed by atoms with Gasteiger partial charge in [-0.15, -0.1) is 0 Å². The molecule has 0 heterocycles. The topological polar surface area (TPSA) is 38.7 Å². The van der Waals surface area contributed by atoms with Crippen LogP contribution in [0, 0.1) is 0 Å². The molecule has 0 fully saturated rings. The second-order valence-corrected chi connectivity index (χ2v) is 3.62. The van der Waals surface area contributed by atoms with Gasteiger partial charge in [0.25, 0.3) is 0 Å². The predicted molar refractivity (Wildman–Crippen MR) is 64.3 cm³/mol. The van der Waals surface area contributed by atoms with Gasteiger partial charge in [-0.2, -0.15) is 0 Å². The highest BCUT2D eigenvalue weighted by Crippen LogP contribution is 2.34. The molecule has 1 aromatic carbocycles. The number of rotatable bonds is 6. The van der Waals surface area contributed by atoms with Crippen molar-refractivity contribution >= 4 is 0 Å². The van der Waals surface area contributed by atoms with Gasteiger partial charge in [0.05, 0.1) is 14.2 Å². The van der Waals surface area contributed by atoms with Crippen molar-refractivity contribution in [3.05, 3.63) is 23.3 Å². The molecular weight excluding hydrogens is 204 g/mol. The molecular formula is C13H20O3. The first-order valence-electron chi connectivity index (χ1n) is 5.62. The number of benzene rings is 1. The summed E-state index contributed by atoms with van der Waals surface area (Å²) < 4.78 is 10.7. The molecule has 3 heteroatoms. The zero-order chi connectivity index (χ0) is 12.0. The maximum absolute atomic E-state index is 8.86. The largest absolute Gasteiger partial charge is 0.493 e. The van der Waals surface area contributed by atoms with Gasteiger partial charge >= 0.3 is 0 Å². The van der Waals surface area contributed by atoms with Crippen molar-refractivity contribution < 1.29 is 14.6 Å². The minimum Gasteiger partial charge on any atom is -0.493 e. The number of ether oxygens (including phenoxy) is 2. The maximum atomic E-state index is 8.86. The summed E-state index contributed by atoms with van der Waals surface area (Å²) in [6, 6.07) is 3.97. The van der Waals surface area contributed by atoms with Crippen LogP contribution in [0.1, 0.15) is 24.5 Å². The van der Waals surface area contributed by atoms with Gasteiger partial charge in [0.1, 0.15) is 0 Å². The van der Waals surface area contributed by atoms with E-state index in [1.54, 1.807) is 14.2 Å². The smallest absolute Gasteiger partial charge is 0.164 e. The normalized spacial score (nSPS) is 10.2. The van der Waals surface area contributed by atoms with Crippen molar-refractivity contribution in [2.75, 3.05) is 20.8 Å². The van der Waals surface area contributed by atoms with Crippen molar-refractivity contribution in [2.24, 2.45) is 0 Å². The number of hydrogen-bond acceptors (Lipinski definition) is 3. The molecule has 1 rings (SSSR count). The number of aryl methyl sites for hydroxylation is 1. The SMILES string of the molecule is CCc1c(CCCO)ccc(OC)c1OC. The number of methoxy groups -OCH3 is 2. The van der Waals surface area contributed by atoms with Crippen LogP contribution in [0.25, 0.3) is 0 Å². The van der Waals surface area contributed by atoms with Crippen LogP contribution in [0.5, 0.6) is 11.5 Å². The Balaban J connectivity index is 3.10. The van der Waals surface area contributed by atoms with Gasteiger partial charge in [0, 0.05) is 12.2 Å². The molecule has 1 aromatic rings. The summed E-state index contributed by atoms with van der Waals surface area (Å²) in [6.07, 6.45) is 2.56. The Labute approximate surface area is 97.0 Å². The Morgan fingerprint density at radius 2 is 1.94 bits per heavy atom. The lowest BCUT2D eigenvalue weighted by molar-refractivity contribution is 0.288. The Morgan fingerprint density at radius 3 is 2.44 bits per heavy atom. The summed E-state index contributed by atoms with van der Waals surface area (Å²) in [7, 11) is 3.30. The van der Waals surface area contributed by atoms with Crippen molar-refractivity contribution in [1.82, 2.24) is 0 Å². The number of aliphatic hydroxyl groups excluding tert-OH is 1. The predicted octanol–water partition coefficient (Wildman–Crippen LogP) is 2.19. The molecule has 0 atom stereocenters. The molecule has 0 aromatic heterocycles. The molecule has 0 aliphatic carbocycles. The van der Waals surface area contributed by atoms with E-state index in [-0.39, 0.29) is 6.61 Å². The highest BCUT2D eigenvalue weighted by molar-refractivity contribution is 5.50. The van der Waals surface area contributed by atoms with E-state index in [1.165, 1.54) is 11.1 Å². The average molecular weight is 224 g/mol. The summed E-state index contributed by atoms with van der Waals surface area (Å²) in [5.41, 5.74) is 2.41. The molecule has 1 N–H and O–H groups in total. The highest BCUT2D eigenvalue weighted by Gasteiger charge is 2.12. The minimum absolute atomic E-state index is 0.220. The third-order valence-corrected chi connectivity index (χ3v) is 2.70. The monoisotopic (exact) mass is 224 g/mol. The van der Waals surface area contributed by atoms with Crippen molar-refractivity contribution in [3.63, 3.8) is 0 Å². The van der Waals surface area contributed by atoms with Crippen molar-refractivity contribution in [2.45, 2.75) is 26.2 Å². The van der Waals surface area contributed by atoms with Gasteiger partial charge in [-0.05, 0) is 30.9 Å². The van der Waals surface area contributed by atoms with E-state index in [2.05, 4.69) is 13.0 Å². The quantitative estimate of drug-likeness (QED) is 0.805. The Kier molecular flexibility index (Phi) is 5.12. The fourth-order valence-corrected chi connectivity index (χ4v) is 1.92. The first-order valence-corrected chi connectivity index (χ1v) is 5.62. The summed E-state index contributed by atoms with van der Waals surface area (Å²) in [4.78, 5) is 0. The molecule has 0 amide bonds. The van der Waals surface area contributed by atoms with Crippen molar-refractivity contribution in [1.29, 1.82) is 0 Å². The lowest BCUT2D eigenvalue weighted by atomic mass is 9.99.